The van der Waals surface area contributed by atoms with E-state index in [1.165, 1.54) is 11.1 Å². The maximum atomic E-state index is 3.06. The van der Waals surface area contributed by atoms with Crippen LogP contribution in [0.1, 0.15) is 31.9 Å². The molecule has 0 amide bonds. The second-order valence-electron chi connectivity index (χ2n) is 4.42. The van der Waals surface area contributed by atoms with Crippen LogP contribution in [0, 0.1) is 6.92 Å². The van der Waals surface area contributed by atoms with Gasteiger partial charge in [0, 0.05) is 5.69 Å². The molecular formula is C11H18NP. The molecule has 0 aliphatic rings. The number of aryl methyl sites for hydroxylation is 1. The van der Waals surface area contributed by atoms with Crippen LogP contribution in [0.3, 0.4) is 0 Å². The summed E-state index contributed by atoms with van der Waals surface area (Å²) in [5.41, 5.74) is 4.15. The smallest absolute Gasteiger partial charge is 0.0371 e. The molecule has 0 aromatic heterocycles. The Bertz CT molecular complexity index is 299. The fourth-order valence-corrected chi connectivity index (χ4v) is 1.77. The Morgan fingerprint density at radius 1 is 1.23 bits per heavy atom. The normalized spacial score (nSPS) is 11.5. The molecule has 2 heteroatoms. The minimum atomic E-state index is 0.240. The molecule has 1 N–H and O–H groups in total. The molecule has 0 aliphatic carbocycles. The minimum Gasteiger partial charge on any atom is -0.369 e. The van der Waals surface area contributed by atoms with Crippen molar-refractivity contribution in [1.82, 2.24) is 0 Å². The van der Waals surface area contributed by atoms with Crippen LogP contribution in [0.5, 0.6) is 0 Å². The fourth-order valence-electron chi connectivity index (χ4n) is 1.59. The van der Waals surface area contributed by atoms with E-state index >= 15 is 0 Å². The first-order valence-corrected chi connectivity index (χ1v) is 5.10. The summed E-state index contributed by atoms with van der Waals surface area (Å²) >= 11 is 0. The van der Waals surface area contributed by atoms with E-state index in [-0.39, 0.29) is 5.41 Å². The van der Waals surface area contributed by atoms with Crippen LogP contribution in [-0.4, -0.2) is 0 Å². The first kappa shape index (κ1) is 10.5. The highest BCUT2D eigenvalue weighted by atomic mass is 31.0. The van der Waals surface area contributed by atoms with E-state index in [4.69, 9.17) is 0 Å². The number of anilines is 1. The molecule has 1 rings (SSSR count). The van der Waals surface area contributed by atoms with E-state index in [1.807, 2.05) is 0 Å². The van der Waals surface area contributed by atoms with Crippen molar-refractivity contribution in [3.8, 4) is 0 Å². The van der Waals surface area contributed by atoms with Gasteiger partial charge in [0.2, 0.25) is 0 Å². The molecule has 0 aliphatic heterocycles. The van der Waals surface area contributed by atoms with E-state index in [2.05, 4.69) is 60.4 Å². The Balaban J connectivity index is 3.13. The standard InChI is InChI=1S/C11H18NP/c1-8-7-9(12-13)5-6-10(8)11(2,3)4/h5-7,12H,13H2,1-4H3. The van der Waals surface area contributed by atoms with E-state index < -0.39 is 0 Å². The van der Waals surface area contributed by atoms with Crippen LogP contribution >= 0.6 is 9.39 Å². The van der Waals surface area contributed by atoms with Crippen molar-refractivity contribution < 1.29 is 0 Å². The maximum Gasteiger partial charge on any atom is 0.0371 e. The Morgan fingerprint density at radius 3 is 2.23 bits per heavy atom. The molecule has 1 unspecified atom stereocenters. The average Bonchev–Trinajstić information content (AvgIpc) is 2.01. The van der Waals surface area contributed by atoms with Gasteiger partial charge >= 0.3 is 0 Å². The van der Waals surface area contributed by atoms with Gasteiger partial charge in [0.1, 0.15) is 0 Å². The van der Waals surface area contributed by atoms with Crippen LogP contribution in [-0.2, 0) is 5.41 Å². The lowest BCUT2D eigenvalue weighted by Gasteiger charge is -2.22. The SMILES string of the molecule is Cc1cc(NP)ccc1C(C)(C)C. The van der Waals surface area contributed by atoms with Gasteiger partial charge in [-0.1, -0.05) is 26.8 Å². The molecule has 0 heterocycles. The Labute approximate surface area is 83.2 Å². The van der Waals surface area contributed by atoms with Crippen LogP contribution in [0.2, 0.25) is 0 Å². The van der Waals surface area contributed by atoms with Crippen LogP contribution < -0.4 is 5.09 Å². The zero-order valence-electron chi connectivity index (χ0n) is 8.81. The summed E-state index contributed by atoms with van der Waals surface area (Å²) in [4.78, 5) is 0. The highest BCUT2D eigenvalue weighted by Crippen LogP contribution is 2.27. The first-order valence-electron chi connectivity index (χ1n) is 4.53. The van der Waals surface area contributed by atoms with Crippen molar-refractivity contribution in [3.05, 3.63) is 29.3 Å². The summed E-state index contributed by atoms with van der Waals surface area (Å²) in [6, 6.07) is 6.48. The van der Waals surface area contributed by atoms with Gasteiger partial charge in [-0.2, -0.15) is 0 Å². The predicted octanol–water partition coefficient (Wildman–Crippen LogP) is 3.49. The molecule has 0 fully saturated rings. The zero-order valence-corrected chi connectivity index (χ0v) is 9.96. The predicted molar refractivity (Wildman–Crippen MR) is 63.2 cm³/mol. The molecule has 1 nitrogen and oxygen atoms in total. The molecule has 72 valence electrons. The Kier molecular flexibility index (Phi) is 2.98. The van der Waals surface area contributed by atoms with Crippen molar-refractivity contribution in [2.24, 2.45) is 0 Å². The minimum absolute atomic E-state index is 0.240. The first-order chi connectivity index (χ1) is 5.95. The van der Waals surface area contributed by atoms with Crippen molar-refractivity contribution >= 4 is 15.1 Å². The highest BCUT2D eigenvalue weighted by Gasteiger charge is 2.15. The summed E-state index contributed by atoms with van der Waals surface area (Å²) in [5, 5.41) is 3.06. The molecular weight excluding hydrogens is 177 g/mol. The van der Waals surface area contributed by atoms with Crippen LogP contribution in [0.25, 0.3) is 0 Å². The topological polar surface area (TPSA) is 12.0 Å². The molecule has 0 spiro atoms. The second-order valence-corrected chi connectivity index (χ2v) is 4.71. The molecule has 0 radical (unpaired) electrons. The van der Waals surface area contributed by atoms with Crippen molar-refractivity contribution in [3.63, 3.8) is 0 Å². The molecule has 1 aromatic carbocycles. The number of rotatable bonds is 1. The lowest BCUT2D eigenvalue weighted by molar-refractivity contribution is 0.586. The molecule has 0 saturated carbocycles. The van der Waals surface area contributed by atoms with Crippen LogP contribution in [0.15, 0.2) is 18.2 Å². The average molecular weight is 195 g/mol. The lowest BCUT2D eigenvalue weighted by atomic mass is 9.84. The summed E-state index contributed by atoms with van der Waals surface area (Å²) in [6.45, 7) is 8.88. The van der Waals surface area contributed by atoms with E-state index in [0.29, 0.717) is 0 Å². The quantitative estimate of drug-likeness (QED) is 0.676. The lowest BCUT2D eigenvalue weighted by Crippen LogP contribution is -2.12. The molecule has 1 aromatic rings. The van der Waals surface area contributed by atoms with Gasteiger partial charge in [-0.05, 0) is 45.0 Å². The van der Waals surface area contributed by atoms with Gasteiger partial charge in [0.25, 0.3) is 0 Å². The van der Waals surface area contributed by atoms with Crippen molar-refractivity contribution in [1.29, 1.82) is 0 Å². The Morgan fingerprint density at radius 2 is 1.85 bits per heavy atom. The summed E-state index contributed by atoms with van der Waals surface area (Å²) in [6.07, 6.45) is 0. The van der Waals surface area contributed by atoms with E-state index in [0.717, 1.165) is 5.69 Å². The monoisotopic (exact) mass is 195 g/mol. The van der Waals surface area contributed by atoms with Crippen LogP contribution in [0.4, 0.5) is 5.69 Å². The number of hydrogen-bond donors (Lipinski definition) is 1. The van der Waals surface area contributed by atoms with Gasteiger partial charge in [0.05, 0.1) is 0 Å². The molecule has 0 saturated heterocycles. The van der Waals surface area contributed by atoms with Crippen molar-refractivity contribution in [2.75, 3.05) is 5.09 Å². The fraction of sp³-hybridized carbons (Fsp3) is 0.455. The van der Waals surface area contributed by atoms with E-state index in [9.17, 15) is 0 Å². The summed E-state index contributed by atoms with van der Waals surface area (Å²) in [7, 11) is 2.51. The van der Waals surface area contributed by atoms with Crippen molar-refractivity contribution in [2.45, 2.75) is 33.1 Å². The third-order valence-electron chi connectivity index (χ3n) is 2.20. The summed E-state index contributed by atoms with van der Waals surface area (Å²) in [5.74, 6) is 0. The highest BCUT2D eigenvalue weighted by molar-refractivity contribution is 7.18. The molecule has 0 bridgehead atoms. The third kappa shape index (κ3) is 2.45. The largest absolute Gasteiger partial charge is 0.369 e. The van der Waals surface area contributed by atoms with Gasteiger partial charge in [0.15, 0.2) is 0 Å². The Hall–Kier alpha value is -0.550. The number of hydrogen-bond acceptors (Lipinski definition) is 1. The molecule has 1 atom stereocenters. The third-order valence-corrected chi connectivity index (χ3v) is 2.53. The maximum absolute atomic E-state index is 3.06. The van der Waals surface area contributed by atoms with Gasteiger partial charge in [-0.25, -0.2) is 0 Å². The second kappa shape index (κ2) is 3.67. The number of benzene rings is 1. The van der Waals surface area contributed by atoms with Gasteiger partial charge in [-0.3, -0.25) is 0 Å². The zero-order chi connectivity index (χ0) is 10.1. The van der Waals surface area contributed by atoms with Gasteiger partial charge < -0.3 is 5.09 Å². The van der Waals surface area contributed by atoms with E-state index in [1.54, 1.807) is 0 Å². The molecule has 13 heavy (non-hydrogen) atoms. The summed E-state index contributed by atoms with van der Waals surface area (Å²) < 4.78 is 0. The van der Waals surface area contributed by atoms with Gasteiger partial charge in [-0.15, -0.1) is 0 Å². The number of nitrogens with one attached hydrogen (secondary N) is 1.